The molecular formula is C21H15B3N4O. The molecule has 0 fully saturated rings. The molecule has 2 aromatic heterocycles. The van der Waals surface area contributed by atoms with E-state index in [0.717, 1.165) is 22.0 Å². The molecule has 29 heavy (non-hydrogen) atoms. The zero-order chi connectivity index (χ0) is 20.6. The zero-order valence-corrected chi connectivity index (χ0v) is 15.8. The first-order chi connectivity index (χ1) is 13.8. The predicted octanol–water partition coefficient (Wildman–Crippen LogP) is 2.50. The minimum Gasteiger partial charge on any atom is -0.334 e. The van der Waals surface area contributed by atoms with Gasteiger partial charge >= 0.3 is 0 Å². The summed E-state index contributed by atoms with van der Waals surface area (Å²) in [5.74, 6) is 0.169. The molecule has 1 N–H and O–H groups in total. The van der Waals surface area contributed by atoms with Crippen LogP contribution in [0.1, 0.15) is 15.9 Å². The van der Waals surface area contributed by atoms with E-state index in [1.807, 2.05) is 42.1 Å². The van der Waals surface area contributed by atoms with Crippen LogP contribution in [0.3, 0.4) is 0 Å². The summed E-state index contributed by atoms with van der Waals surface area (Å²) < 4.78 is 1.95. The van der Waals surface area contributed by atoms with Crippen LogP contribution in [0.2, 0.25) is 0 Å². The minimum absolute atomic E-state index is 0.289. The van der Waals surface area contributed by atoms with Crippen LogP contribution in [-0.2, 0) is 12.2 Å². The van der Waals surface area contributed by atoms with Gasteiger partial charge < -0.3 is 9.88 Å². The summed E-state index contributed by atoms with van der Waals surface area (Å²) in [6.07, 6.45) is 5.30. The van der Waals surface area contributed by atoms with Gasteiger partial charge in [-0.15, -0.1) is 5.11 Å². The van der Waals surface area contributed by atoms with Gasteiger partial charge in [0.05, 0.1) is 41.8 Å². The van der Waals surface area contributed by atoms with E-state index in [2.05, 4.69) is 15.3 Å². The van der Waals surface area contributed by atoms with Crippen LogP contribution in [0.5, 0.6) is 0 Å². The summed E-state index contributed by atoms with van der Waals surface area (Å²) in [5, 5.41) is 3.31. The van der Waals surface area contributed by atoms with Gasteiger partial charge in [-0.25, -0.2) is 9.97 Å². The molecule has 0 saturated heterocycles. The molecule has 0 bridgehead atoms. The number of imidazole rings is 1. The molecular weight excluding hydrogens is 357 g/mol. The standard InChI is InChI=1S/C21H15B3N4O/c1-28-12-25-11-18(28)14-2-3-15-10-26-19(9-16(15)8-14)27-20(29)13-4-6-17(7-5-13)21(22,23)24/h2-12H,1H3,(H,26,27,29). The molecule has 134 valence electrons. The summed E-state index contributed by atoms with van der Waals surface area (Å²) in [5.41, 5.74) is 3.01. The molecule has 0 saturated carbocycles. The molecule has 8 heteroatoms. The third kappa shape index (κ3) is 3.97. The summed E-state index contributed by atoms with van der Waals surface area (Å²) >= 11 is 0. The Hall–Kier alpha value is -3.28. The number of nitrogens with zero attached hydrogens (tertiary/aromatic N) is 3. The van der Waals surface area contributed by atoms with Gasteiger partial charge in [-0.1, -0.05) is 29.8 Å². The Balaban J connectivity index is 1.59. The number of hydrogen-bond acceptors (Lipinski definition) is 3. The highest BCUT2D eigenvalue weighted by atomic mass is 16.1. The fourth-order valence-electron chi connectivity index (χ4n) is 3.10. The van der Waals surface area contributed by atoms with Crippen LogP contribution in [0, 0.1) is 0 Å². The number of rotatable bonds is 4. The average Bonchev–Trinajstić information content (AvgIpc) is 3.13. The van der Waals surface area contributed by atoms with E-state index in [-0.39, 0.29) is 5.91 Å². The first kappa shape index (κ1) is 19.1. The lowest BCUT2D eigenvalue weighted by Crippen LogP contribution is -2.27. The Morgan fingerprint density at radius 1 is 1.00 bits per heavy atom. The first-order valence-corrected chi connectivity index (χ1v) is 8.96. The molecule has 2 heterocycles. The maximum atomic E-state index is 12.6. The van der Waals surface area contributed by atoms with Crippen molar-refractivity contribution in [2.75, 3.05) is 5.32 Å². The Bertz CT molecular complexity index is 1200. The summed E-state index contributed by atoms with van der Waals surface area (Å²) in [7, 11) is 18.9. The zero-order valence-electron chi connectivity index (χ0n) is 15.8. The number of carbonyl (C=O) groups excluding carboxylic acids is 1. The number of nitrogens with one attached hydrogen (secondary N) is 1. The minimum atomic E-state index is -1.44. The number of benzene rings is 2. The number of aromatic nitrogens is 3. The molecule has 0 spiro atoms. The highest BCUT2D eigenvalue weighted by Crippen LogP contribution is 2.25. The molecule has 2 aromatic carbocycles. The second kappa shape index (κ2) is 7.28. The summed E-state index contributed by atoms with van der Waals surface area (Å²) in [4.78, 5) is 21.0. The molecule has 4 rings (SSSR count). The molecule has 0 atom stereocenters. The van der Waals surface area contributed by atoms with Crippen molar-refractivity contribution in [1.82, 2.24) is 14.5 Å². The normalized spacial score (nSPS) is 11.5. The van der Waals surface area contributed by atoms with E-state index in [4.69, 9.17) is 23.5 Å². The van der Waals surface area contributed by atoms with Crippen molar-refractivity contribution in [1.29, 1.82) is 0 Å². The lowest BCUT2D eigenvalue weighted by molar-refractivity contribution is 0.102. The maximum absolute atomic E-state index is 12.6. The second-order valence-electron chi connectivity index (χ2n) is 6.99. The van der Waals surface area contributed by atoms with Crippen LogP contribution in [0.4, 0.5) is 5.82 Å². The van der Waals surface area contributed by atoms with Crippen LogP contribution >= 0.6 is 0 Å². The number of hydrogen-bond donors (Lipinski definition) is 1. The third-order valence-electron chi connectivity index (χ3n) is 4.72. The van der Waals surface area contributed by atoms with Crippen LogP contribution in [-0.4, -0.2) is 44.0 Å². The van der Waals surface area contributed by atoms with Crippen molar-refractivity contribution in [3.05, 3.63) is 78.4 Å². The fraction of sp³-hybridized carbons (Fsp3) is 0.0952. The SMILES string of the molecule is [B]C([B])([B])c1ccc(C(=O)Nc2cc3cc(-c4cncn4C)ccc3cn2)cc1. The third-order valence-corrected chi connectivity index (χ3v) is 4.72. The van der Waals surface area contributed by atoms with Crippen molar-refractivity contribution < 1.29 is 4.79 Å². The topological polar surface area (TPSA) is 59.8 Å². The number of fused-ring (bicyclic) bond motifs is 1. The van der Waals surface area contributed by atoms with E-state index < -0.39 is 5.11 Å². The van der Waals surface area contributed by atoms with E-state index in [1.54, 1.807) is 36.8 Å². The van der Waals surface area contributed by atoms with Crippen molar-refractivity contribution >= 4 is 46.0 Å². The van der Waals surface area contributed by atoms with Crippen LogP contribution < -0.4 is 5.32 Å². The number of pyridine rings is 1. The van der Waals surface area contributed by atoms with Gasteiger partial charge in [0.15, 0.2) is 0 Å². The average molecular weight is 372 g/mol. The first-order valence-electron chi connectivity index (χ1n) is 8.96. The van der Waals surface area contributed by atoms with Gasteiger partial charge in [0.1, 0.15) is 5.82 Å². The fourth-order valence-corrected chi connectivity index (χ4v) is 3.10. The van der Waals surface area contributed by atoms with Crippen molar-refractivity contribution in [3.63, 3.8) is 0 Å². The maximum Gasteiger partial charge on any atom is 0.256 e. The number of anilines is 1. The second-order valence-corrected chi connectivity index (χ2v) is 6.99. The smallest absolute Gasteiger partial charge is 0.256 e. The molecule has 5 nitrogen and oxygen atoms in total. The van der Waals surface area contributed by atoms with Crippen LogP contribution in [0.15, 0.2) is 67.3 Å². The Morgan fingerprint density at radius 2 is 1.76 bits per heavy atom. The van der Waals surface area contributed by atoms with E-state index >= 15 is 0 Å². The Morgan fingerprint density at radius 3 is 2.41 bits per heavy atom. The number of carbonyl (C=O) groups is 1. The van der Waals surface area contributed by atoms with Crippen molar-refractivity contribution in [2.24, 2.45) is 7.05 Å². The summed E-state index contributed by atoms with van der Waals surface area (Å²) in [6.45, 7) is 0. The molecule has 0 unspecified atom stereocenters. The molecule has 0 aliphatic carbocycles. The molecule has 0 aliphatic heterocycles. The predicted molar refractivity (Wildman–Crippen MR) is 117 cm³/mol. The largest absolute Gasteiger partial charge is 0.334 e. The molecule has 0 aliphatic rings. The lowest BCUT2D eigenvalue weighted by Gasteiger charge is -2.20. The van der Waals surface area contributed by atoms with E-state index in [0.29, 0.717) is 16.9 Å². The number of aryl methyl sites for hydroxylation is 1. The van der Waals surface area contributed by atoms with E-state index in [9.17, 15) is 4.79 Å². The van der Waals surface area contributed by atoms with Gasteiger partial charge in [-0.2, -0.15) is 0 Å². The monoisotopic (exact) mass is 372 g/mol. The molecule has 6 radical (unpaired) electrons. The molecule has 4 aromatic rings. The van der Waals surface area contributed by atoms with Gasteiger partial charge in [0.2, 0.25) is 0 Å². The van der Waals surface area contributed by atoms with Gasteiger partial charge in [-0.05, 0) is 29.7 Å². The number of amides is 1. The lowest BCUT2D eigenvalue weighted by atomic mass is 9.40. The Labute approximate surface area is 172 Å². The van der Waals surface area contributed by atoms with E-state index in [1.165, 1.54) is 0 Å². The van der Waals surface area contributed by atoms with Gasteiger partial charge in [-0.3, -0.25) is 4.79 Å². The van der Waals surface area contributed by atoms with Gasteiger partial charge in [0.25, 0.3) is 5.91 Å². The Kier molecular flexibility index (Phi) is 4.78. The molecule has 1 amide bonds. The van der Waals surface area contributed by atoms with Crippen LogP contribution in [0.25, 0.3) is 22.0 Å². The highest BCUT2D eigenvalue weighted by Gasteiger charge is 2.14. The van der Waals surface area contributed by atoms with Crippen molar-refractivity contribution in [3.8, 4) is 11.3 Å². The quantitative estimate of drug-likeness (QED) is 0.561. The highest BCUT2D eigenvalue weighted by molar-refractivity contribution is 6.58. The summed E-state index contributed by atoms with van der Waals surface area (Å²) in [6, 6.07) is 14.4. The van der Waals surface area contributed by atoms with Gasteiger partial charge in [0, 0.05) is 29.8 Å². The van der Waals surface area contributed by atoms with Crippen molar-refractivity contribution in [2.45, 2.75) is 5.11 Å².